The van der Waals surface area contributed by atoms with Crippen LogP contribution in [-0.4, -0.2) is 51.8 Å². The minimum absolute atomic E-state index is 0.104. The van der Waals surface area contributed by atoms with E-state index >= 15 is 0 Å². The Balaban J connectivity index is 1.67. The van der Waals surface area contributed by atoms with Crippen LogP contribution < -0.4 is 0 Å². The molecule has 8 heteroatoms. The van der Waals surface area contributed by atoms with Gasteiger partial charge in [-0.15, -0.1) is 11.6 Å². The summed E-state index contributed by atoms with van der Waals surface area (Å²) in [5, 5.41) is 0. The molecule has 0 radical (unpaired) electrons. The topological polar surface area (TPSA) is 78.9 Å². The number of fused-ring (bicyclic) bond motifs is 7. The average molecular weight is 544 g/mol. The lowest BCUT2D eigenvalue weighted by Gasteiger charge is -2.65. The van der Waals surface area contributed by atoms with E-state index in [2.05, 4.69) is 29.8 Å². The minimum atomic E-state index is -1.18. The number of hydrogen-bond donors (Lipinski definition) is 0. The molecule has 4 aliphatic carbocycles. The molecule has 1 heterocycles. The van der Waals surface area contributed by atoms with Crippen LogP contribution in [0.1, 0.15) is 66.2 Å². The number of alkyl halides is 2. The van der Waals surface area contributed by atoms with Crippen molar-refractivity contribution in [2.24, 2.45) is 22.7 Å². The second-order valence-corrected chi connectivity index (χ2v) is 13.0. The summed E-state index contributed by atoms with van der Waals surface area (Å²) in [7, 11) is 0. The van der Waals surface area contributed by atoms with Gasteiger partial charge < -0.3 is 14.2 Å². The molecule has 33 heavy (non-hydrogen) atoms. The van der Waals surface area contributed by atoms with Gasteiger partial charge in [0.05, 0.1) is 16.3 Å². The van der Waals surface area contributed by atoms with Crippen molar-refractivity contribution in [3.8, 4) is 0 Å². The Morgan fingerprint density at radius 3 is 2.67 bits per heavy atom. The zero-order chi connectivity index (χ0) is 24.0. The molecule has 1 saturated heterocycles. The summed E-state index contributed by atoms with van der Waals surface area (Å²) in [5.74, 6) is -0.846. The van der Waals surface area contributed by atoms with Gasteiger partial charge in [-0.2, -0.15) is 0 Å². The fourth-order valence-corrected chi connectivity index (χ4v) is 9.91. The molecule has 0 amide bonds. The van der Waals surface area contributed by atoms with Gasteiger partial charge in [0.15, 0.2) is 23.0 Å². The van der Waals surface area contributed by atoms with E-state index in [-0.39, 0.29) is 34.7 Å². The van der Waals surface area contributed by atoms with E-state index in [9.17, 15) is 14.4 Å². The Kier molecular flexibility index (Phi) is 5.35. The highest BCUT2D eigenvalue weighted by Gasteiger charge is 2.79. The molecular formula is C25H32BrClO6. The molecule has 182 valence electrons. The van der Waals surface area contributed by atoms with Crippen LogP contribution in [0.5, 0.6) is 0 Å². The van der Waals surface area contributed by atoms with Crippen molar-refractivity contribution in [1.82, 2.24) is 0 Å². The van der Waals surface area contributed by atoms with E-state index in [1.807, 2.05) is 19.9 Å². The minimum Gasteiger partial charge on any atom is -0.463 e. The lowest BCUT2D eigenvalue weighted by atomic mass is 9.45. The summed E-state index contributed by atoms with van der Waals surface area (Å²) in [6.07, 6.45) is 4.88. The monoisotopic (exact) mass is 542 g/mol. The number of ketones is 2. The predicted octanol–water partition coefficient (Wildman–Crippen LogP) is 4.50. The van der Waals surface area contributed by atoms with Crippen molar-refractivity contribution in [2.45, 2.75) is 94.1 Å². The first-order chi connectivity index (χ1) is 15.4. The molecule has 0 spiro atoms. The van der Waals surface area contributed by atoms with Crippen LogP contribution in [0.4, 0.5) is 0 Å². The SMILES string of the molecule is CC1(C)O[C@H]2C[C@H]3[C@@H]4CCC5=CC(=O)CC[C@]5(C)[C@@]4(Br)[C@@H](OC=O)C[C@]3(C)[C@]2(C(=O)CCl)O1. The third-order valence-electron chi connectivity index (χ3n) is 9.77. The number of allylic oxidation sites excluding steroid dienone is 1. The predicted molar refractivity (Wildman–Crippen MR) is 125 cm³/mol. The Bertz CT molecular complexity index is 949. The molecule has 5 rings (SSSR count). The van der Waals surface area contributed by atoms with E-state index in [1.54, 1.807) is 0 Å². The summed E-state index contributed by atoms with van der Waals surface area (Å²) in [5.41, 5.74) is -0.995. The summed E-state index contributed by atoms with van der Waals surface area (Å²) in [6, 6.07) is 0. The van der Waals surface area contributed by atoms with Gasteiger partial charge in [0.25, 0.3) is 6.47 Å². The number of ether oxygens (including phenoxy) is 3. The lowest BCUT2D eigenvalue weighted by molar-refractivity contribution is -0.222. The lowest BCUT2D eigenvalue weighted by Crippen LogP contribution is -2.70. The van der Waals surface area contributed by atoms with Crippen LogP contribution in [-0.2, 0) is 28.6 Å². The van der Waals surface area contributed by atoms with Crippen molar-refractivity contribution < 1.29 is 28.6 Å². The summed E-state index contributed by atoms with van der Waals surface area (Å²) in [4.78, 5) is 37.5. The second-order valence-electron chi connectivity index (χ2n) is 11.5. The quantitative estimate of drug-likeness (QED) is 0.384. The van der Waals surface area contributed by atoms with E-state index < -0.39 is 33.3 Å². The summed E-state index contributed by atoms with van der Waals surface area (Å²) in [6.45, 7) is 8.48. The zero-order valence-electron chi connectivity index (χ0n) is 19.6. The Labute approximate surface area is 208 Å². The Morgan fingerprint density at radius 1 is 1.27 bits per heavy atom. The summed E-state index contributed by atoms with van der Waals surface area (Å²) < 4.78 is 18.1. The van der Waals surface area contributed by atoms with E-state index in [1.165, 1.54) is 0 Å². The van der Waals surface area contributed by atoms with Crippen molar-refractivity contribution in [3.63, 3.8) is 0 Å². The van der Waals surface area contributed by atoms with E-state index in [4.69, 9.17) is 25.8 Å². The molecular weight excluding hydrogens is 512 g/mol. The molecule has 6 nitrogen and oxygen atoms in total. The number of carbonyl (C=O) groups excluding carboxylic acids is 3. The van der Waals surface area contributed by atoms with Crippen LogP contribution in [0.25, 0.3) is 0 Å². The number of carbonyl (C=O) groups is 3. The van der Waals surface area contributed by atoms with Crippen LogP contribution in [0, 0.1) is 22.7 Å². The highest BCUT2D eigenvalue weighted by atomic mass is 79.9. The smallest absolute Gasteiger partial charge is 0.293 e. The van der Waals surface area contributed by atoms with Gasteiger partial charge >= 0.3 is 0 Å². The van der Waals surface area contributed by atoms with Crippen molar-refractivity contribution in [3.05, 3.63) is 11.6 Å². The number of hydrogen-bond acceptors (Lipinski definition) is 6. The average Bonchev–Trinajstić information content (AvgIpc) is 3.15. The number of rotatable bonds is 4. The molecule has 0 aromatic rings. The molecule has 0 aromatic heterocycles. The normalized spacial score (nSPS) is 49.9. The second kappa shape index (κ2) is 7.37. The van der Waals surface area contributed by atoms with Gasteiger partial charge in [0.1, 0.15) is 6.10 Å². The van der Waals surface area contributed by atoms with Crippen LogP contribution in [0.15, 0.2) is 11.6 Å². The zero-order valence-corrected chi connectivity index (χ0v) is 22.0. The maximum Gasteiger partial charge on any atom is 0.293 e. The van der Waals surface area contributed by atoms with Gasteiger partial charge in [-0.1, -0.05) is 35.4 Å². The molecule has 0 unspecified atom stereocenters. The largest absolute Gasteiger partial charge is 0.463 e. The molecule has 0 N–H and O–H groups in total. The highest BCUT2D eigenvalue weighted by Crippen LogP contribution is 2.74. The molecule has 3 saturated carbocycles. The van der Waals surface area contributed by atoms with Crippen molar-refractivity contribution in [2.75, 3.05) is 5.88 Å². The van der Waals surface area contributed by atoms with E-state index in [0.29, 0.717) is 32.2 Å². The molecule has 5 aliphatic rings. The van der Waals surface area contributed by atoms with Crippen LogP contribution in [0.3, 0.4) is 0 Å². The standard InChI is InChI=1S/C25H32BrClO6/c1-21(2)32-19-10-17-16-6-5-14-9-15(29)7-8-22(14,3)24(16,26)20(31-13-28)11-23(17,4)25(19,33-21)18(30)12-27/h9,13,16-17,19-20H,5-8,10-12H2,1-4H3/t16-,17-,19-,20-,22-,23-,24-,25+/m0/s1. The van der Waals surface area contributed by atoms with Crippen LogP contribution >= 0.6 is 27.5 Å². The fourth-order valence-electron chi connectivity index (χ4n) is 8.44. The van der Waals surface area contributed by atoms with Gasteiger partial charge in [-0.3, -0.25) is 14.4 Å². The summed E-state index contributed by atoms with van der Waals surface area (Å²) >= 11 is 10.3. The van der Waals surface area contributed by atoms with E-state index in [0.717, 1.165) is 18.4 Å². The Hall–Kier alpha value is -0.760. The molecule has 4 fully saturated rings. The van der Waals surface area contributed by atoms with Gasteiger partial charge in [-0.25, -0.2) is 0 Å². The first-order valence-electron chi connectivity index (χ1n) is 11.9. The fraction of sp³-hybridized carbons (Fsp3) is 0.800. The molecule has 0 bridgehead atoms. The first-order valence-corrected chi connectivity index (χ1v) is 13.2. The number of Topliss-reactive ketones (excluding diaryl/α,β-unsaturated/α-hetero) is 1. The maximum atomic E-state index is 13.5. The first kappa shape index (κ1) is 24.0. The van der Waals surface area contributed by atoms with Gasteiger partial charge in [0, 0.05) is 17.3 Å². The van der Waals surface area contributed by atoms with Crippen molar-refractivity contribution in [1.29, 1.82) is 0 Å². The third kappa shape index (κ3) is 2.82. The van der Waals surface area contributed by atoms with Gasteiger partial charge in [0.2, 0.25) is 0 Å². The number of halogens is 2. The van der Waals surface area contributed by atoms with Gasteiger partial charge in [-0.05, 0) is 63.9 Å². The molecule has 1 aliphatic heterocycles. The van der Waals surface area contributed by atoms with Crippen molar-refractivity contribution >= 4 is 45.6 Å². The Morgan fingerprint density at radius 2 is 2.00 bits per heavy atom. The maximum absolute atomic E-state index is 13.5. The molecule has 0 aromatic carbocycles. The third-order valence-corrected chi connectivity index (χ3v) is 12.0. The highest BCUT2D eigenvalue weighted by molar-refractivity contribution is 9.10. The molecule has 8 atom stereocenters. The van der Waals surface area contributed by atoms with Crippen LogP contribution in [0.2, 0.25) is 0 Å².